The predicted molar refractivity (Wildman–Crippen MR) is 125 cm³/mol. The van der Waals surface area contributed by atoms with Crippen molar-refractivity contribution >= 4 is 54.7 Å². The van der Waals surface area contributed by atoms with Gasteiger partial charge in [0.05, 0.1) is 11.1 Å². The third-order valence-corrected chi connectivity index (χ3v) is 6.44. The number of anilines is 1. The molecule has 0 saturated carbocycles. The molecule has 3 aromatic carbocycles. The topological polar surface area (TPSA) is 103 Å². The number of fused-ring (bicyclic) bond motifs is 1. The van der Waals surface area contributed by atoms with Crippen LogP contribution in [0.5, 0.6) is 0 Å². The van der Waals surface area contributed by atoms with Crippen molar-refractivity contribution in [1.82, 2.24) is 10.4 Å². The molecule has 0 unspecified atom stereocenters. The van der Waals surface area contributed by atoms with Gasteiger partial charge in [0, 0.05) is 38.4 Å². The third kappa shape index (κ3) is 4.84. The number of aromatic nitrogens is 1. The zero-order valence-corrected chi connectivity index (χ0v) is 18.4. The zero-order valence-electron chi connectivity index (χ0n) is 16.0. The van der Waals surface area contributed by atoms with Gasteiger partial charge in [-0.25, -0.2) is 13.8 Å². The molecule has 0 bridgehead atoms. The summed E-state index contributed by atoms with van der Waals surface area (Å²) in [4.78, 5) is 15.6. The number of halogens is 1. The van der Waals surface area contributed by atoms with Crippen LogP contribution in [0.3, 0.4) is 0 Å². The van der Waals surface area contributed by atoms with Crippen molar-refractivity contribution in [3.63, 3.8) is 0 Å². The molecule has 3 N–H and O–H groups in total. The number of sulfonamides is 1. The van der Waals surface area contributed by atoms with Gasteiger partial charge in [0.15, 0.2) is 0 Å². The van der Waals surface area contributed by atoms with E-state index >= 15 is 0 Å². The average molecular weight is 497 g/mol. The van der Waals surface area contributed by atoms with Crippen molar-refractivity contribution in [2.45, 2.75) is 4.90 Å². The molecule has 0 saturated heterocycles. The molecule has 0 radical (unpaired) electrons. The normalized spacial score (nSPS) is 11.6. The van der Waals surface area contributed by atoms with Crippen molar-refractivity contribution in [2.24, 2.45) is 5.10 Å². The number of benzene rings is 3. The summed E-state index contributed by atoms with van der Waals surface area (Å²) in [6.45, 7) is 0. The first kappa shape index (κ1) is 20.8. The second-order valence-corrected chi connectivity index (χ2v) is 9.22. The minimum atomic E-state index is -3.72. The summed E-state index contributed by atoms with van der Waals surface area (Å²) >= 11 is 3.28. The lowest BCUT2D eigenvalue weighted by Crippen LogP contribution is -2.18. The number of rotatable bonds is 6. The number of carbonyl (C=O) groups is 1. The van der Waals surface area contributed by atoms with E-state index in [1.54, 1.807) is 18.3 Å². The second kappa shape index (κ2) is 8.75. The lowest BCUT2D eigenvalue weighted by atomic mass is 10.2. The summed E-state index contributed by atoms with van der Waals surface area (Å²) in [5, 5.41) is 5.01. The Kier molecular flexibility index (Phi) is 5.88. The molecule has 0 atom stereocenters. The zero-order chi connectivity index (χ0) is 21.8. The van der Waals surface area contributed by atoms with Crippen LogP contribution in [0.1, 0.15) is 15.9 Å². The molecular weight excluding hydrogens is 480 g/mol. The van der Waals surface area contributed by atoms with E-state index in [0.717, 1.165) is 20.9 Å². The lowest BCUT2D eigenvalue weighted by molar-refractivity contribution is 0.0955. The number of nitrogens with zero attached hydrogens (tertiary/aromatic N) is 1. The number of para-hydroxylation sites is 1. The Bertz CT molecular complexity index is 1360. The minimum Gasteiger partial charge on any atom is -0.361 e. The van der Waals surface area contributed by atoms with E-state index in [1.807, 2.05) is 30.5 Å². The van der Waals surface area contributed by atoms with Gasteiger partial charge in [-0.15, -0.1) is 0 Å². The van der Waals surface area contributed by atoms with Crippen LogP contribution in [0, 0.1) is 0 Å². The summed E-state index contributed by atoms with van der Waals surface area (Å²) in [7, 11) is -3.72. The fourth-order valence-electron chi connectivity index (χ4n) is 2.94. The maximum atomic E-state index is 12.5. The van der Waals surface area contributed by atoms with Gasteiger partial charge in [0.1, 0.15) is 0 Å². The highest BCUT2D eigenvalue weighted by Crippen LogP contribution is 2.19. The first-order valence-electron chi connectivity index (χ1n) is 9.20. The Balaban J connectivity index is 1.40. The van der Waals surface area contributed by atoms with Crippen LogP contribution in [-0.4, -0.2) is 25.5 Å². The molecule has 0 fully saturated rings. The van der Waals surface area contributed by atoms with Gasteiger partial charge in [-0.05, 0) is 54.6 Å². The number of aromatic amines is 1. The highest BCUT2D eigenvalue weighted by atomic mass is 79.9. The van der Waals surface area contributed by atoms with Crippen LogP contribution in [0.15, 0.2) is 93.5 Å². The third-order valence-electron chi connectivity index (χ3n) is 4.51. The van der Waals surface area contributed by atoms with E-state index in [4.69, 9.17) is 0 Å². The van der Waals surface area contributed by atoms with E-state index in [-0.39, 0.29) is 4.90 Å². The van der Waals surface area contributed by atoms with Crippen LogP contribution >= 0.6 is 15.9 Å². The van der Waals surface area contributed by atoms with Crippen LogP contribution in [-0.2, 0) is 10.0 Å². The maximum absolute atomic E-state index is 12.5. The van der Waals surface area contributed by atoms with E-state index < -0.39 is 15.9 Å². The molecule has 1 aromatic heterocycles. The Morgan fingerprint density at radius 1 is 0.968 bits per heavy atom. The van der Waals surface area contributed by atoms with Crippen molar-refractivity contribution in [3.8, 4) is 0 Å². The van der Waals surface area contributed by atoms with Gasteiger partial charge >= 0.3 is 0 Å². The molecule has 1 amide bonds. The molecule has 0 spiro atoms. The lowest BCUT2D eigenvalue weighted by Gasteiger charge is -2.09. The second-order valence-electron chi connectivity index (χ2n) is 6.63. The summed E-state index contributed by atoms with van der Waals surface area (Å²) in [5.74, 6) is -0.404. The predicted octanol–water partition coefficient (Wildman–Crippen LogP) is 4.50. The number of amides is 1. The van der Waals surface area contributed by atoms with Crippen LogP contribution < -0.4 is 10.1 Å². The van der Waals surface area contributed by atoms with Gasteiger partial charge in [-0.3, -0.25) is 9.52 Å². The first-order valence-corrected chi connectivity index (χ1v) is 11.5. The molecule has 31 heavy (non-hydrogen) atoms. The highest BCUT2D eigenvalue weighted by molar-refractivity contribution is 9.10. The van der Waals surface area contributed by atoms with E-state index in [2.05, 4.69) is 36.2 Å². The van der Waals surface area contributed by atoms with Crippen LogP contribution in [0.4, 0.5) is 5.69 Å². The summed E-state index contributed by atoms with van der Waals surface area (Å²) < 4.78 is 28.2. The summed E-state index contributed by atoms with van der Waals surface area (Å²) in [5.41, 5.74) is 5.01. The van der Waals surface area contributed by atoms with Crippen molar-refractivity contribution < 1.29 is 13.2 Å². The summed E-state index contributed by atoms with van der Waals surface area (Å²) in [6.07, 6.45) is 3.38. The van der Waals surface area contributed by atoms with Crippen LogP contribution in [0.25, 0.3) is 10.9 Å². The van der Waals surface area contributed by atoms with E-state index in [1.165, 1.54) is 36.4 Å². The van der Waals surface area contributed by atoms with Crippen molar-refractivity contribution in [1.29, 1.82) is 0 Å². The largest absolute Gasteiger partial charge is 0.361 e. The number of carbonyl (C=O) groups excluding carboxylic acids is 1. The van der Waals surface area contributed by atoms with Gasteiger partial charge in [0.25, 0.3) is 15.9 Å². The molecule has 9 heteroatoms. The smallest absolute Gasteiger partial charge is 0.271 e. The van der Waals surface area contributed by atoms with Crippen molar-refractivity contribution in [3.05, 3.63) is 94.6 Å². The Morgan fingerprint density at radius 2 is 1.68 bits per heavy atom. The molecule has 156 valence electrons. The summed E-state index contributed by atoms with van der Waals surface area (Å²) in [6, 6.07) is 20.2. The SMILES string of the molecule is O=C(NN=Cc1c[nH]c2ccccc12)c1ccc(NS(=O)(=O)c2ccc(Br)cc2)cc1. The van der Waals surface area contributed by atoms with Gasteiger partial charge in [0.2, 0.25) is 0 Å². The highest BCUT2D eigenvalue weighted by Gasteiger charge is 2.14. The monoisotopic (exact) mass is 496 g/mol. The Hall–Kier alpha value is -3.43. The quantitative estimate of drug-likeness (QED) is 0.270. The van der Waals surface area contributed by atoms with Gasteiger partial charge < -0.3 is 4.98 Å². The first-order chi connectivity index (χ1) is 14.9. The van der Waals surface area contributed by atoms with E-state index in [0.29, 0.717) is 11.3 Å². The van der Waals surface area contributed by atoms with Crippen LogP contribution in [0.2, 0.25) is 0 Å². The standard InChI is InChI=1S/C22H17BrN4O3S/c23-17-7-11-19(12-8-17)31(29,30)27-18-9-5-15(6-10-18)22(28)26-25-14-16-13-24-21-4-2-1-3-20(16)21/h1-14,24,27H,(H,26,28). The molecule has 0 aliphatic rings. The number of hydrogen-bond donors (Lipinski definition) is 3. The van der Waals surface area contributed by atoms with Gasteiger partial charge in [-0.2, -0.15) is 5.10 Å². The molecule has 7 nitrogen and oxygen atoms in total. The van der Waals surface area contributed by atoms with Crippen molar-refractivity contribution in [2.75, 3.05) is 4.72 Å². The van der Waals surface area contributed by atoms with E-state index in [9.17, 15) is 13.2 Å². The number of hydrogen-bond acceptors (Lipinski definition) is 4. The maximum Gasteiger partial charge on any atom is 0.271 e. The fraction of sp³-hybridized carbons (Fsp3) is 0. The molecular formula is C22H17BrN4O3S. The molecule has 0 aliphatic carbocycles. The number of hydrazone groups is 1. The number of H-pyrrole nitrogens is 1. The molecule has 0 aliphatic heterocycles. The number of nitrogens with one attached hydrogen (secondary N) is 3. The Morgan fingerprint density at radius 3 is 2.42 bits per heavy atom. The minimum absolute atomic E-state index is 0.143. The molecule has 1 heterocycles. The molecule has 4 rings (SSSR count). The molecule has 4 aromatic rings. The van der Waals surface area contributed by atoms with Gasteiger partial charge in [-0.1, -0.05) is 34.1 Å². The average Bonchev–Trinajstić information content (AvgIpc) is 3.17. The Labute approximate surface area is 187 Å². The fourth-order valence-corrected chi connectivity index (χ4v) is 4.27.